The van der Waals surface area contributed by atoms with Crippen molar-refractivity contribution in [2.24, 2.45) is 5.92 Å². The number of rotatable bonds is 4. The van der Waals surface area contributed by atoms with Crippen LogP contribution in [0.1, 0.15) is 58.8 Å². The van der Waals surface area contributed by atoms with Crippen LogP contribution in [0, 0.1) is 5.92 Å². The van der Waals surface area contributed by atoms with E-state index in [1.165, 1.54) is 38.5 Å². The van der Waals surface area contributed by atoms with Crippen molar-refractivity contribution in [3.63, 3.8) is 0 Å². The van der Waals surface area contributed by atoms with Crippen LogP contribution >= 0.6 is 9.42 Å². The van der Waals surface area contributed by atoms with Crippen molar-refractivity contribution >= 4 is 15.4 Å². The summed E-state index contributed by atoms with van der Waals surface area (Å²) >= 11 is 1.61. The Labute approximate surface area is 156 Å². The number of aliphatic carboxylic acids is 1. The Bertz CT molecular complexity index is 283. The molecule has 0 aromatic heterocycles. The van der Waals surface area contributed by atoms with Crippen molar-refractivity contribution < 1.29 is 28.7 Å². The molecule has 0 aromatic rings. The van der Waals surface area contributed by atoms with Crippen LogP contribution in [0.3, 0.4) is 0 Å². The summed E-state index contributed by atoms with van der Waals surface area (Å²) in [6.45, 7) is 5.84. The first-order valence-electron chi connectivity index (χ1n) is 8.45. The molecule has 2 aliphatic rings. The van der Waals surface area contributed by atoms with Crippen LogP contribution in [-0.2, 0) is 23.6 Å². The number of nitrogens with one attached hydrogen (secondary N) is 1. The summed E-state index contributed by atoms with van der Waals surface area (Å²) in [7, 11) is 4.61. The molecule has 0 amide bonds. The van der Waals surface area contributed by atoms with Gasteiger partial charge in [0.15, 0.2) is 0 Å². The minimum atomic E-state index is -1.02. The van der Waals surface area contributed by atoms with E-state index in [1.54, 1.807) is 25.7 Å². The third-order valence-corrected chi connectivity index (χ3v) is 4.47. The van der Waals surface area contributed by atoms with E-state index in [0.29, 0.717) is 12.1 Å². The van der Waals surface area contributed by atoms with E-state index >= 15 is 0 Å². The van der Waals surface area contributed by atoms with E-state index in [4.69, 9.17) is 10.8 Å². The first-order valence-corrected chi connectivity index (χ1v) is 11.3. The van der Waals surface area contributed by atoms with E-state index in [9.17, 15) is 4.79 Å². The molecule has 2 saturated heterocycles. The Morgan fingerprint density at radius 3 is 1.83 bits per heavy atom. The van der Waals surface area contributed by atoms with Gasteiger partial charge in [0.2, 0.25) is 0 Å². The standard InChI is InChI=1S/C10H18N2.C6H12NO2.ClH.Pt/c1-3-7-11-9(5-1)10-6-2-4-8-12-10;1-3-4(2)5(7)6(8)9;;/h9-10H,1-8H2;4-5,7H,3H2,1-2H3,(H,8,9);1H;/q-2;-1;;+1/p-1. The first-order chi connectivity index (χ1) is 11.1. The van der Waals surface area contributed by atoms with Crippen LogP contribution in [0.4, 0.5) is 0 Å². The van der Waals surface area contributed by atoms with E-state index in [0.717, 1.165) is 19.5 Å². The second kappa shape index (κ2) is 14.7. The first kappa shape index (κ1) is 23.3. The summed E-state index contributed by atoms with van der Waals surface area (Å²) in [5.74, 6) is -1.06. The zero-order valence-corrected chi connectivity index (χ0v) is 17.1. The van der Waals surface area contributed by atoms with Crippen LogP contribution in [0.25, 0.3) is 16.4 Å². The zero-order valence-electron chi connectivity index (χ0n) is 14.1. The van der Waals surface area contributed by atoms with E-state index in [1.807, 2.05) is 6.92 Å². The molecular weight excluding hydrogens is 497 g/mol. The molecule has 0 aliphatic carbocycles. The fourth-order valence-corrected chi connectivity index (χ4v) is 2.73. The zero-order chi connectivity index (χ0) is 17.7. The summed E-state index contributed by atoms with van der Waals surface area (Å²) in [5, 5.41) is 17.6. The Balaban J connectivity index is 0.000000396. The Hall–Kier alpha value is 0.328. The topological polar surface area (TPSA) is 89.3 Å². The number of carboxylic acid groups (broad SMARTS) is 1. The van der Waals surface area contributed by atoms with Gasteiger partial charge in [-0.05, 0) is 6.04 Å². The number of halogens is 1. The molecule has 0 spiro atoms. The Morgan fingerprint density at radius 1 is 1.17 bits per heavy atom. The number of carbonyl (C=O) groups is 1. The molecule has 2 fully saturated rings. The van der Waals surface area contributed by atoms with Gasteiger partial charge in [-0.1, -0.05) is 64.7 Å². The molecule has 4 atom stereocenters. The summed E-state index contributed by atoms with van der Waals surface area (Å²) in [4.78, 5) is 10.1. The van der Waals surface area contributed by atoms with Crippen molar-refractivity contribution in [1.82, 2.24) is 0 Å². The molecule has 0 bridgehead atoms. The van der Waals surface area contributed by atoms with Crippen molar-refractivity contribution in [3.05, 3.63) is 16.4 Å². The van der Waals surface area contributed by atoms with Gasteiger partial charge in [-0.2, -0.15) is 12.1 Å². The number of hydrogen-bond donors (Lipinski definition) is 1. The second-order valence-electron chi connectivity index (χ2n) is 6.14. The van der Waals surface area contributed by atoms with Crippen molar-refractivity contribution in [1.29, 1.82) is 0 Å². The minimum absolute atomic E-state index is 0.0394. The monoisotopic (exact) mass is 526 g/mol. The third-order valence-electron chi connectivity index (χ3n) is 4.47. The summed E-state index contributed by atoms with van der Waals surface area (Å²) in [6, 6.07) is 0.244. The molecule has 141 valence electrons. The van der Waals surface area contributed by atoms with Gasteiger partial charge in [-0.3, -0.25) is 4.79 Å². The molecule has 0 aromatic carbocycles. The SMILES string of the molecule is C1CCC(C2CCCC[N-]2)[N-]C1.CCC(C)C([NH-])C(=O)O.[Cl][Pt]. The molecule has 5 nitrogen and oxygen atoms in total. The summed E-state index contributed by atoms with van der Waals surface area (Å²) in [5.41, 5.74) is 7.03. The summed E-state index contributed by atoms with van der Waals surface area (Å²) < 4.78 is 0. The van der Waals surface area contributed by atoms with E-state index < -0.39 is 12.0 Å². The second-order valence-corrected chi connectivity index (χ2v) is 6.14. The molecule has 23 heavy (non-hydrogen) atoms. The fraction of sp³-hybridized carbons (Fsp3) is 0.938. The predicted molar refractivity (Wildman–Crippen MR) is 92.8 cm³/mol. The molecule has 4 unspecified atom stereocenters. The van der Waals surface area contributed by atoms with Crippen molar-refractivity contribution in [3.8, 4) is 0 Å². The van der Waals surface area contributed by atoms with Crippen molar-refractivity contribution in [2.45, 2.75) is 76.9 Å². The van der Waals surface area contributed by atoms with Crippen LogP contribution in [0.15, 0.2) is 0 Å². The molecular formula is C16H30ClN3O2Pt-3. The van der Waals surface area contributed by atoms with Crippen LogP contribution in [0.2, 0.25) is 0 Å². The normalized spacial score (nSPS) is 26.7. The molecule has 0 saturated carbocycles. The van der Waals surface area contributed by atoms with E-state index in [-0.39, 0.29) is 5.92 Å². The van der Waals surface area contributed by atoms with Gasteiger partial charge < -0.3 is 21.5 Å². The van der Waals surface area contributed by atoms with Gasteiger partial charge in [0.05, 0.1) is 0 Å². The van der Waals surface area contributed by atoms with Gasteiger partial charge in [0.25, 0.3) is 5.97 Å². The van der Waals surface area contributed by atoms with Crippen LogP contribution in [-0.4, -0.2) is 42.3 Å². The van der Waals surface area contributed by atoms with Crippen LogP contribution < -0.4 is 0 Å². The van der Waals surface area contributed by atoms with Crippen LogP contribution in [0.5, 0.6) is 0 Å². The number of hydrogen-bond acceptors (Lipinski definition) is 1. The molecule has 2 aliphatic heterocycles. The molecule has 2 rings (SSSR count). The summed E-state index contributed by atoms with van der Waals surface area (Å²) in [6.07, 6.45) is 8.72. The Kier molecular flexibility index (Phi) is 14.9. The molecule has 2 heterocycles. The van der Waals surface area contributed by atoms with Gasteiger partial charge in [0, 0.05) is 0 Å². The Morgan fingerprint density at radius 2 is 1.61 bits per heavy atom. The number of carboxylic acids is 1. The average molecular weight is 527 g/mol. The fourth-order valence-electron chi connectivity index (χ4n) is 2.73. The van der Waals surface area contributed by atoms with Gasteiger partial charge >= 0.3 is 28.2 Å². The third kappa shape index (κ3) is 10.0. The van der Waals surface area contributed by atoms with Gasteiger partial charge in [-0.15, -0.1) is 13.1 Å². The molecule has 0 radical (unpaired) electrons. The maximum atomic E-state index is 10.1. The maximum absolute atomic E-state index is 10.1. The van der Waals surface area contributed by atoms with Gasteiger partial charge in [-0.25, -0.2) is 0 Å². The number of nitrogens with zero attached hydrogens (tertiary/aromatic N) is 2. The molecule has 7 heteroatoms. The van der Waals surface area contributed by atoms with E-state index in [2.05, 4.69) is 20.1 Å². The molecule has 2 N–H and O–H groups in total. The predicted octanol–water partition coefficient (Wildman–Crippen LogP) is 5.06. The number of piperidine rings is 2. The average Bonchev–Trinajstić information content (AvgIpc) is 2.64. The quantitative estimate of drug-likeness (QED) is 0.554. The van der Waals surface area contributed by atoms with Crippen molar-refractivity contribution in [2.75, 3.05) is 13.1 Å². The van der Waals surface area contributed by atoms with Gasteiger partial charge in [0.1, 0.15) is 0 Å².